The molecule has 2 heterocycles. The van der Waals surface area contributed by atoms with Crippen LogP contribution in [0.2, 0.25) is 0 Å². The fraction of sp³-hybridized carbons (Fsp3) is 1.00. The van der Waals surface area contributed by atoms with Gasteiger partial charge in [0.1, 0.15) is 18.3 Å². The predicted octanol–water partition coefficient (Wildman–Crippen LogP) is 0.755. The van der Waals surface area contributed by atoms with Crippen molar-refractivity contribution in [1.82, 2.24) is 0 Å². The Labute approximate surface area is 126 Å². The van der Waals surface area contributed by atoms with E-state index < -0.39 is 0 Å². The molecule has 124 valence electrons. The van der Waals surface area contributed by atoms with Crippen molar-refractivity contribution in [2.45, 2.75) is 44.0 Å². The number of aliphatic hydroxyl groups excluding tert-OH is 1. The molecule has 0 amide bonds. The van der Waals surface area contributed by atoms with Crippen molar-refractivity contribution >= 4 is 0 Å². The lowest BCUT2D eigenvalue weighted by Gasteiger charge is -2.17. The minimum Gasteiger partial charge on any atom is -0.396 e. The molecule has 0 bridgehead atoms. The molecule has 2 aliphatic rings. The van der Waals surface area contributed by atoms with Crippen LogP contribution in [0.15, 0.2) is 0 Å². The van der Waals surface area contributed by atoms with Gasteiger partial charge in [-0.25, -0.2) is 0 Å². The van der Waals surface area contributed by atoms with E-state index in [0.29, 0.717) is 26.4 Å². The van der Waals surface area contributed by atoms with E-state index in [-0.39, 0.29) is 24.9 Å². The molecule has 0 aromatic carbocycles. The van der Waals surface area contributed by atoms with Gasteiger partial charge in [-0.3, -0.25) is 0 Å². The number of unbranched alkanes of at least 4 members (excludes halogenated alkanes) is 3. The summed E-state index contributed by atoms with van der Waals surface area (Å²) in [6, 6.07) is 0. The first-order valence-electron chi connectivity index (χ1n) is 7.99. The second-order valence-electron chi connectivity index (χ2n) is 5.62. The zero-order valence-corrected chi connectivity index (χ0v) is 12.7. The van der Waals surface area contributed by atoms with Crippen LogP contribution in [0, 0.1) is 0 Å². The molecule has 0 saturated carbocycles. The summed E-state index contributed by atoms with van der Waals surface area (Å²) in [5.74, 6) is 0. The lowest BCUT2D eigenvalue weighted by molar-refractivity contribution is -0.0650. The molecule has 2 aliphatic heterocycles. The molecule has 2 rings (SSSR count). The first-order valence-corrected chi connectivity index (χ1v) is 7.99. The molecule has 6 nitrogen and oxygen atoms in total. The van der Waals surface area contributed by atoms with Crippen LogP contribution >= 0.6 is 0 Å². The molecule has 0 aliphatic carbocycles. The van der Waals surface area contributed by atoms with Gasteiger partial charge in [-0.05, 0) is 12.8 Å². The Hall–Kier alpha value is -0.240. The van der Waals surface area contributed by atoms with Gasteiger partial charge in [0.2, 0.25) is 0 Å². The second-order valence-corrected chi connectivity index (χ2v) is 5.62. The SMILES string of the molecule is OCCCCCCOCC(COCC1CO1)OCC1CO1. The van der Waals surface area contributed by atoms with E-state index in [0.717, 1.165) is 45.5 Å². The van der Waals surface area contributed by atoms with Crippen molar-refractivity contribution in [2.75, 3.05) is 52.9 Å². The fourth-order valence-corrected chi connectivity index (χ4v) is 1.93. The summed E-state index contributed by atoms with van der Waals surface area (Å²) < 4.78 is 27.3. The Morgan fingerprint density at radius 2 is 1.57 bits per heavy atom. The Balaban J connectivity index is 1.46. The van der Waals surface area contributed by atoms with Gasteiger partial charge in [0.05, 0.1) is 39.6 Å². The van der Waals surface area contributed by atoms with Crippen molar-refractivity contribution in [3.8, 4) is 0 Å². The average Bonchev–Trinajstić information content (AvgIpc) is 3.37. The van der Waals surface area contributed by atoms with Gasteiger partial charge >= 0.3 is 0 Å². The van der Waals surface area contributed by atoms with Crippen LogP contribution in [-0.4, -0.2) is 76.3 Å². The van der Waals surface area contributed by atoms with Gasteiger partial charge in [-0.2, -0.15) is 0 Å². The quantitative estimate of drug-likeness (QED) is 0.356. The van der Waals surface area contributed by atoms with Crippen molar-refractivity contribution < 1.29 is 28.8 Å². The van der Waals surface area contributed by atoms with E-state index in [1.54, 1.807) is 0 Å². The third kappa shape index (κ3) is 9.39. The van der Waals surface area contributed by atoms with Crippen LogP contribution < -0.4 is 0 Å². The molecular weight excluding hydrogens is 276 g/mol. The summed E-state index contributed by atoms with van der Waals surface area (Å²) >= 11 is 0. The van der Waals surface area contributed by atoms with Crippen LogP contribution in [0.5, 0.6) is 0 Å². The first kappa shape index (κ1) is 17.1. The molecule has 0 radical (unpaired) electrons. The van der Waals surface area contributed by atoms with Crippen LogP contribution in [0.1, 0.15) is 25.7 Å². The monoisotopic (exact) mass is 304 g/mol. The molecule has 3 unspecified atom stereocenters. The van der Waals surface area contributed by atoms with E-state index in [2.05, 4.69) is 0 Å². The number of rotatable bonds is 15. The standard InChI is InChI=1S/C15H28O6/c16-5-3-1-2-4-6-17-7-13(19-11-15-12-21-15)8-18-9-14-10-20-14/h13-16H,1-12H2. The minimum absolute atomic E-state index is 0.0367. The number of ether oxygens (including phenoxy) is 5. The molecule has 0 aromatic heterocycles. The maximum atomic E-state index is 8.70. The average molecular weight is 304 g/mol. The van der Waals surface area contributed by atoms with Crippen molar-refractivity contribution in [2.24, 2.45) is 0 Å². The van der Waals surface area contributed by atoms with Crippen molar-refractivity contribution in [3.63, 3.8) is 0 Å². The van der Waals surface area contributed by atoms with Gasteiger partial charge < -0.3 is 28.8 Å². The Kier molecular flexibility index (Phi) is 8.54. The van der Waals surface area contributed by atoms with Crippen LogP contribution in [0.25, 0.3) is 0 Å². The van der Waals surface area contributed by atoms with Gasteiger partial charge in [-0.1, -0.05) is 12.8 Å². The number of epoxide rings is 2. The molecule has 3 atom stereocenters. The summed E-state index contributed by atoms with van der Waals surface area (Å²) in [4.78, 5) is 0. The Morgan fingerprint density at radius 3 is 2.29 bits per heavy atom. The zero-order valence-electron chi connectivity index (χ0n) is 12.7. The second kappa shape index (κ2) is 10.5. The maximum Gasteiger partial charge on any atom is 0.104 e. The van der Waals surface area contributed by atoms with Gasteiger partial charge in [-0.15, -0.1) is 0 Å². The highest BCUT2D eigenvalue weighted by Gasteiger charge is 2.26. The van der Waals surface area contributed by atoms with E-state index in [9.17, 15) is 0 Å². The number of aliphatic hydroxyl groups is 1. The summed E-state index contributed by atoms with van der Waals surface area (Å²) in [5, 5.41) is 8.70. The van der Waals surface area contributed by atoms with Gasteiger partial charge in [0.15, 0.2) is 0 Å². The highest BCUT2D eigenvalue weighted by Crippen LogP contribution is 2.12. The summed E-state index contributed by atoms with van der Waals surface area (Å²) in [6.07, 6.45) is 4.56. The number of hydrogen-bond donors (Lipinski definition) is 1. The zero-order chi connectivity index (χ0) is 14.8. The lowest BCUT2D eigenvalue weighted by atomic mass is 10.2. The van der Waals surface area contributed by atoms with Gasteiger partial charge in [0, 0.05) is 13.2 Å². The molecule has 0 spiro atoms. The summed E-state index contributed by atoms with van der Waals surface area (Å²) in [5.41, 5.74) is 0. The highest BCUT2D eigenvalue weighted by atomic mass is 16.6. The first-order chi connectivity index (χ1) is 10.4. The van der Waals surface area contributed by atoms with Crippen molar-refractivity contribution in [1.29, 1.82) is 0 Å². The molecule has 0 aromatic rings. The fourth-order valence-electron chi connectivity index (χ4n) is 1.93. The molecular formula is C15H28O6. The Morgan fingerprint density at radius 1 is 0.905 bits per heavy atom. The topological polar surface area (TPSA) is 73.0 Å². The molecule has 6 heteroatoms. The molecule has 21 heavy (non-hydrogen) atoms. The van der Waals surface area contributed by atoms with Crippen LogP contribution in [0.4, 0.5) is 0 Å². The van der Waals surface area contributed by atoms with Crippen LogP contribution in [0.3, 0.4) is 0 Å². The molecule has 2 fully saturated rings. The Bertz CT molecular complexity index is 255. The van der Waals surface area contributed by atoms with Gasteiger partial charge in [0.25, 0.3) is 0 Å². The molecule has 1 N–H and O–H groups in total. The van der Waals surface area contributed by atoms with E-state index in [1.807, 2.05) is 0 Å². The largest absolute Gasteiger partial charge is 0.396 e. The highest BCUT2D eigenvalue weighted by molar-refractivity contribution is 4.70. The molecule has 2 saturated heterocycles. The normalized spacial score (nSPS) is 25.0. The summed E-state index contributed by atoms with van der Waals surface area (Å²) in [6.45, 7) is 4.98. The third-order valence-corrected chi connectivity index (χ3v) is 3.43. The smallest absolute Gasteiger partial charge is 0.104 e. The maximum absolute atomic E-state index is 8.70. The predicted molar refractivity (Wildman–Crippen MR) is 76.4 cm³/mol. The number of hydrogen-bond acceptors (Lipinski definition) is 6. The third-order valence-electron chi connectivity index (χ3n) is 3.43. The van der Waals surface area contributed by atoms with Crippen molar-refractivity contribution in [3.05, 3.63) is 0 Å². The lowest BCUT2D eigenvalue weighted by Crippen LogP contribution is -2.28. The van der Waals surface area contributed by atoms with E-state index in [4.69, 9.17) is 28.8 Å². The van der Waals surface area contributed by atoms with E-state index in [1.165, 1.54) is 0 Å². The van der Waals surface area contributed by atoms with E-state index >= 15 is 0 Å². The minimum atomic E-state index is -0.0367. The van der Waals surface area contributed by atoms with Crippen LogP contribution in [-0.2, 0) is 23.7 Å². The summed E-state index contributed by atoms with van der Waals surface area (Å²) in [7, 11) is 0.